The number of piperidine rings is 1. The van der Waals surface area contributed by atoms with Crippen molar-refractivity contribution in [2.75, 3.05) is 32.1 Å². The summed E-state index contributed by atoms with van der Waals surface area (Å²) in [4.78, 5) is 11.4. The van der Waals surface area contributed by atoms with Gasteiger partial charge in [0.2, 0.25) is 5.95 Å². The first-order valence-corrected chi connectivity index (χ1v) is 11.8. The van der Waals surface area contributed by atoms with Crippen molar-refractivity contribution in [3.63, 3.8) is 0 Å². The predicted octanol–water partition coefficient (Wildman–Crippen LogP) is 5.54. The van der Waals surface area contributed by atoms with Crippen LogP contribution >= 0.6 is 11.6 Å². The molecule has 0 unspecified atom stereocenters. The third-order valence-corrected chi connectivity index (χ3v) is 6.48. The molecule has 1 N–H and O–H groups in total. The first kappa shape index (κ1) is 22.6. The minimum Gasteiger partial charge on any atom is -0.494 e. The minimum atomic E-state index is -0.483. The van der Waals surface area contributed by atoms with Crippen molar-refractivity contribution < 1.29 is 9.13 Å². The molecule has 1 fully saturated rings. The lowest BCUT2D eigenvalue weighted by Crippen LogP contribution is -2.29. The largest absolute Gasteiger partial charge is 0.494 e. The van der Waals surface area contributed by atoms with Gasteiger partial charge in [-0.1, -0.05) is 23.7 Å². The minimum absolute atomic E-state index is 0.156. The van der Waals surface area contributed by atoms with Gasteiger partial charge in [-0.05, 0) is 69.6 Å². The van der Waals surface area contributed by atoms with Crippen LogP contribution in [0.2, 0.25) is 5.02 Å². The zero-order valence-corrected chi connectivity index (χ0v) is 19.9. The summed E-state index contributed by atoms with van der Waals surface area (Å²) in [7, 11) is 2.16. The van der Waals surface area contributed by atoms with E-state index in [1.807, 2.05) is 19.1 Å². The molecule has 0 amide bonds. The van der Waals surface area contributed by atoms with Gasteiger partial charge in [-0.15, -0.1) is 0 Å². The quantitative estimate of drug-likeness (QED) is 0.391. The number of nitrogens with zero attached hydrogens (tertiary/aromatic N) is 5. The van der Waals surface area contributed by atoms with Crippen LogP contribution in [0.5, 0.6) is 5.75 Å². The van der Waals surface area contributed by atoms with Crippen molar-refractivity contribution in [1.82, 2.24) is 24.5 Å². The molecule has 1 saturated heterocycles. The van der Waals surface area contributed by atoms with Crippen molar-refractivity contribution in [2.24, 2.45) is 0 Å². The van der Waals surface area contributed by atoms with Gasteiger partial charge in [0.15, 0.2) is 11.5 Å². The van der Waals surface area contributed by atoms with Crippen LogP contribution in [0.1, 0.15) is 31.2 Å². The Morgan fingerprint density at radius 1 is 1.15 bits per heavy atom. The average Bonchev–Trinajstić information content (AvgIpc) is 3.29. The average molecular weight is 481 g/mol. The fourth-order valence-corrected chi connectivity index (χ4v) is 4.66. The molecule has 1 aliphatic rings. The van der Waals surface area contributed by atoms with Gasteiger partial charge in [0.1, 0.15) is 11.6 Å². The third kappa shape index (κ3) is 4.43. The lowest BCUT2D eigenvalue weighted by atomic mass is 9.89. The zero-order chi connectivity index (χ0) is 23.7. The van der Waals surface area contributed by atoms with E-state index < -0.39 is 5.82 Å². The molecule has 0 atom stereocenters. The molecule has 7 nitrogen and oxygen atoms in total. The predicted molar refractivity (Wildman–Crippen MR) is 132 cm³/mol. The number of fused-ring (bicyclic) bond motifs is 1. The number of halogens is 2. The van der Waals surface area contributed by atoms with Gasteiger partial charge in [-0.2, -0.15) is 14.6 Å². The Morgan fingerprint density at radius 3 is 2.74 bits per heavy atom. The highest BCUT2D eigenvalue weighted by Crippen LogP contribution is 2.36. The van der Waals surface area contributed by atoms with Crippen LogP contribution < -0.4 is 10.1 Å². The van der Waals surface area contributed by atoms with Crippen LogP contribution in [-0.2, 0) is 0 Å². The highest BCUT2D eigenvalue weighted by molar-refractivity contribution is 6.33. The summed E-state index contributed by atoms with van der Waals surface area (Å²) in [5.74, 6) is 1.44. The van der Waals surface area contributed by atoms with Crippen molar-refractivity contribution in [1.29, 1.82) is 0 Å². The molecule has 0 aliphatic carbocycles. The van der Waals surface area contributed by atoms with E-state index in [0.717, 1.165) is 37.4 Å². The number of likely N-dealkylation sites (tertiary alicyclic amines) is 1. The Bertz CT molecular complexity index is 1300. The van der Waals surface area contributed by atoms with Crippen LogP contribution in [-0.4, -0.2) is 51.2 Å². The monoisotopic (exact) mass is 480 g/mol. The summed E-state index contributed by atoms with van der Waals surface area (Å²) in [6, 6.07) is 12.4. The van der Waals surface area contributed by atoms with Gasteiger partial charge in [-0.25, -0.2) is 9.37 Å². The van der Waals surface area contributed by atoms with Gasteiger partial charge in [-0.3, -0.25) is 0 Å². The molecule has 0 saturated carbocycles. The fraction of sp³-hybridized carbons (Fsp3) is 0.320. The first-order valence-electron chi connectivity index (χ1n) is 11.4. The number of rotatable bonds is 6. The van der Waals surface area contributed by atoms with Gasteiger partial charge in [0.05, 0.1) is 23.4 Å². The molecule has 5 rings (SSSR count). The molecule has 2 aromatic carbocycles. The Labute approximate surface area is 202 Å². The first-order chi connectivity index (χ1) is 16.5. The molecule has 1 aliphatic heterocycles. The number of aromatic nitrogens is 4. The summed E-state index contributed by atoms with van der Waals surface area (Å²) in [5, 5.41) is 7.88. The molecule has 2 aromatic heterocycles. The van der Waals surface area contributed by atoms with Crippen LogP contribution in [0, 0.1) is 5.82 Å². The van der Waals surface area contributed by atoms with Crippen LogP contribution in [0.15, 0.2) is 48.7 Å². The number of hydrogen-bond acceptors (Lipinski definition) is 6. The molecule has 0 bridgehead atoms. The highest BCUT2D eigenvalue weighted by atomic mass is 35.5. The van der Waals surface area contributed by atoms with Crippen LogP contribution in [0.3, 0.4) is 0 Å². The lowest BCUT2D eigenvalue weighted by Gasteiger charge is -2.30. The van der Waals surface area contributed by atoms with E-state index in [0.29, 0.717) is 24.1 Å². The van der Waals surface area contributed by atoms with E-state index in [1.165, 1.54) is 11.6 Å². The van der Waals surface area contributed by atoms with E-state index in [2.05, 4.69) is 38.4 Å². The Kier molecular flexibility index (Phi) is 6.34. The molecule has 9 heteroatoms. The molecular weight excluding hydrogens is 455 g/mol. The second-order valence-corrected chi connectivity index (χ2v) is 8.86. The van der Waals surface area contributed by atoms with Gasteiger partial charge >= 0.3 is 0 Å². The summed E-state index contributed by atoms with van der Waals surface area (Å²) >= 11 is 6.28. The number of benzene rings is 2. The maximum atomic E-state index is 14.6. The molecule has 0 spiro atoms. The standard InChI is InChI=1S/C25H26ClFN6O/c1-3-34-21-15-17(7-8-18(21)16-10-13-32(2)14-11-16)29-25-31-24(30-22-9-12-28-33(22)25)23-19(26)5-4-6-20(23)27/h4-9,12,15-16H,3,10-11,13-14H2,1-2H3,(H,29,30,31). The van der Waals surface area contributed by atoms with Crippen molar-refractivity contribution >= 4 is 28.9 Å². The number of anilines is 2. The van der Waals surface area contributed by atoms with Crippen molar-refractivity contribution in [3.05, 3.63) is 65.1 Å². The molecule has 0 radical (unpaired) electrons. The molecular formula is C25H26ClFN6O. The van der Waals surface area contributed by atoms with E-state index >= 15 is 0 Å². The van der Waals surface area contributed by atoms with Gasteiger partial charge in [0.25, 0.3) is 0 Å². The number of nitrogens with one attached hydrogen (secondary N) is 1. The molecule has 4 aromatic rings. The van der Waals surface area contributed by atoms with Crippen LogP contribution in [0.4, 0.5) is 16.0 Å². The highest BCUT2D eigenvalue weighted by Gasteiger charge is 2.22. The number of hydrogen-bond donors (Lipinski definition) is 1. The normalized spacial score (nSPS) is 15.1. The SMILES string of the molecule is CCOc1cc(Nc2nc(-c3c(F)cccc3Cl)nc3ccnn23)ccc1C1CCN(C)CC1. The maximum Gasteiger partial charge on any atom is 0.232 e. The van der Waals surface area contributed by atoms with Crippen LogP contribution in [0.25, 0.3) is 17.0 Å². The third-order valence-electron chi connectivity index (χ3n) is 6.17. The summed E-state index contributed by atoms with van der Waals surface area (Å²) in [6.45, 7) is 4.72. The maximum absolute atomic E-state index is 14.6. The zero-order valence-electron chi connectivity index (χ0n) is 19.1. The molecule has 3 heterocycles. The van der Waals surface area contributed by atoms with E-state index in [1.54, 1.807) is 28.9 Å². The van der Waals surface area contributed by atoms with Gasteiger partial charge in [0, 0.05) is 17.8 Å². The van der Waals surface area contributed by atoms with E-state index in [9.17, 15) is 4.39 Å². The number of ether oxygens (including phenoxy) is 1. The van der Waals surface area contributed by atoms with Gasteiger partial charge < -0.3 is 15.0 Å². The summed E-state index contributed by atoms with van der Waals surface area (Å²) in [6.07, 6.45) is 3.84. The lowest BCUT2D eigenvalue weighted by molar-refractivity contribution is 0.250. The van der Waals surface area contributed by atoms with Crippen molar-refractivity contribution in [2.45, 2.75) is 25.7 Å². The van der Waals surface area contributed by atoms with E-state index in [4.69, 9.17) is 16.3 Å². The Morgan fingerprint density at radius 2 is 1.97 bits per heavy atom. The smallest absolute Gasteiger partial charge is 0.232 e. The van der Waals surface area contributed by atoms with E-state index in [-0.39, 0.29) is 16.4 Å². The topological polar surface area (TPSA) is 67.6 Å². The summed E-state index contributed by atoms with van der Waals surface area (Å²) in [5.41, 5.74) is 2.70. The van der Waals surface area contributed by atoms with Crippen molar-refractivity contribution in [3.8, 4) is 17.1 Å². The second-order valence-electron chi connectivity index (χ2n) is 8.46. The fourth-order valence-electron chi connectivity index (χ4n) is 4.41. The Hall–Kier alpha value is -3.23. The second kappa shape index (κ2) is 9.56. The molecule has 34 heavy (non-hydrogen) atoms. The Balaban J connectivity index is 1.51. The summed E-state index contributed by atoms with van der Waals surface area (Å²) < 4.78 is 22.2. The molecule has 176 valence electrons.